The highest BCUT2D eigenvalue weighted by Crippen LogP contribution is 2.67. The largest absolute Gasteiger partial charge is 0.343 e. The van der Waals surface area contributed by atoms with Crippen molar-refractivity contribution in [2.75, 3.05) is 0 Å². The highest BCUT2D eigenvalue weighted by Gasteiger charge is 2.48. The molecule has 2 unspecified atom stereocenters. The fraction of sp³-hybridized carbons (Fsp3) is 0.615. The third kappa shape index (κ3) is 5.92. The SMILES string of the molecule is CC(C)OP(=O)(O)C(Cc1ccccn1)P(=O)(O)OC(C)C. The minimum absolute atomic E-state index is 0.193. The molecule has 0 fully saturated rings. The molecule has 0 aromatic carbocycles. The van der Waals surface area contributed by atoms with Gasteiger partial charge in [-0.05, 0) is 39.8 Å². The molecule has 0 saturated heterocycles. The highest BCUT2D eigenvalue weighted by atomic mass is 31.2. The lowest BCUT2D eigenvalue weighted by Gasteiger charge is -2.28. The molecule has 9 heteroatoms. The molecule has 0 bridgehead atoms. The molecule has 0 saturated carbocycles. The van der Waals surface area contributed by atoms with Crippen molar-refractivity contribution in [3.05, 3.63) is 30.1 Å². The first-order valence-electron chi connectivity index (χ1n) is 6.96. The van der Waals surface area contributed by atoms with Gasteiger partial charge in [0.1, 0.15) is 0 Å². The summed E-state index contributed by atoms with van der Waals surface area (Å²) >= 11 is 0. The molecular weight excluding hydrogens is 328 g/mol. The van der Waals surface area contributed by atoms with E-state index in [1.54, 1.807) is 45.9 Å². The normalized spacial score (nSPS) is 18.9. The van der Waals surface area contributed by atoms with Crippen molar-refractivity contribution >= 4 is 15.2 Å². The minimum Gasteiger partial charge on any atom is -0.324 e. The lowest BCUT2D eigenvalue weighted by Crippen LogP contribution is -2.20. The van der Waals surface area contributed by atoms with E-state index in [1.807, 2.05) is 0 Å². The third-order valence-corrected chi connectivity index (χ3v) is 7.67. The summed E-state index contributed by atoms with van der Waals surface area (Å²) in [6.07, 6.45) is 0.174. The molecule has 1 heterocycles. The van der Waals surface area contributed by atoms with E-state index in [0.717, 1.165) is 0 Å². The Balaban J connectivity index is 3.15. The van der Waals surface area contributed by atoms with Gasteiger partial charge in [0.15, 0.2) is 5.40 Å². The average molecular weight is 351 g/mol. The Morgan fingerprint density at radius 1 is 1.05 bits per heavy atom. The number of pyridine rings is 1. The first kappa shape index (κ1) is 19.5. The summed E-state index contributed by atoms with van der Waals surface area (Å²) < 4.78 is 34.9. The van der Waals surface area contributed by atoms with Crippen molar-refractivity contribution in [2.45, 2.75) is 51.7 Å². The molecule has 0 amide bonds. The molecule has 0 aliphatic heterocycles. The summed E-state index contributed by atoms with van der Waals surface area (Å²) in [5, 5.41) is -1.58. The van der Waals surface area contributed by atoms with Gasteiger partial charge in [-0.15, -0.1) is 0 Å². The maximum Gasteiger partial charge on any atom is 0.343 e. The molecule has 7 nitrogen and oxygen atoms in total. The van der Waals surface area contributed by atoms with Crippen LogP contribution in [0.3, 0.4) is 0 Å². The Morgan fingerprint density at radius 3 is 1.91 bits per heavy atom. The van der Waals surface area contributed by atoms with Gasteiger partial charge >= 0.3 is 15.2 Å². The van der Waals surface area contributed by atoms with Crippen LogP contribution in [0.2, 0.25) is 0 Å². The summed E-state index contributed by atoms with van der Waals surface area (Å²) in [6, 6.07) is 4.99. The Kier molecular flexibility index (Phi) is 6.93. The second-order valence-electron chi connectivity index (χ2n) is 5.44. The Morgan fingerprint density at radius 2 is 1.55 bits per heavy atom. The van der Waals surface area contributed by atoms with Crippen LogP contribution < -0.4 is 0 Å². The fourth-order valence-corrected chi connectivity index (χ4v) is 5.99. The number of hydrogen-bond donors (Lipinski definition) is 2. The standard InChI is InChI=1S/C13H23NO6P2/c1-10(2)19-21(15,16)13(22(17,18)20-11(3)4)9-12-7-5-6-8-14-12/h5-8,10-11,13H,9H2,1-4H3,(H,15,16)(H,17,18). The molecule has 0 spiro atoms. The number of aromatic nitrogens is 1. The van der Waals surface area contributed by atoms with Crippen LogP contribution in [0.15, 0.2) is 24.4 Å². The molecule has 1 aromatic rings. The van der Waals surface area contributed by atoms with Gasteiger partial charge in [-0.3, -0.25) is 14.1 Å². The third-order valence-electron chi connectivity index (χ3n) is 2.59. The van der Waals surface area contributed by atoms with Gasteiger partial charge in [0.05, 0.1) is 12.2 Å². The smallest absolute Gasteiger partial charge is 0.324 e. The highest BCUT2D eigenvalue weighted by molar-refractivity contribution is 7.71. The molecule has 1 aromatic heterocycles. The summed E-state index contributed by atoms with van der Waals surface area (Å²) in [7, 11) is -8.76. The summed E-state index contributed by atoms with van der Waals surface area (Å²) in [5.41, 5.74) is 0.413. The predicted molar refractivity (Wildman–Crippen MR) is 83.8 cm³/mol. The van der Waals surface area contributed by atoms with Crippen LogP contribution in [0.5, 0.6) is 0 Å². The van der Waals surface area contributed by atoms with E-state index in [4.69, 9.17) is 9.05 Å². The van der Waals surface area contributed by atoms with Gasteiger partial charge < -0.3 is 18.8 Å². The average Bonchev–Trinajstić information content (AvgIpc) is 2.33. The van der Waals surface area contributed by atoms with Crippen molar-refractivity contribution in [3.63, 3.8) is 0 Å². The molecule has 22 heavy (non-hydrogen) atoms. The van der Waals surface area contributed by atoms with Crippen molar-refractivity contribution in [1.29, 1.82) is 0 Å². The number of rotatable bonds is 8. The molecule has 2 atom stereocenters. The molecule has 0 radical (unpaired) electrons. The zero-order valence-electron chi connectivity index (χ0n) is 13.1. The van der Waals surface area contributed by atoms with E-state index in [-0.39, 0.29) is 6.42 Å². The Hall–Kier alpha value is -0.550. The maximum atomic E-state index is 12.5. The zero-order valence-corrected chi connectivity index (χ0v) is 14.9. The monoisotopic (exact) mass is 351 g/mol. The zero-order chi connectivity index (χ0) is 17.0. The number of nitrogens with zero attached hydrogens (tertiary/aromatic N) is 1. The lowest BCUT2D eigenvalue weighted by molar-refractivity contribution is 0.184. The van der Waals surface area contributed by atoms with Crippen molar-refractivity contribution in [1.82, 2.24) is 4.98 Å². The summed E-state index contributed by atoms with van der Waals surface area (Å²) in [4.78, 5) is 24.3. The van der Waals surface area contributed by atoms with Crippen LogP contribution in [0.25, 0.3) is 0 Å². The fourth-order valence-electron chi connectivity index (χ4n) is 1.87. The summed E-state index contributed by atoms with van der Waals surface area (Å²) in [6.45, 7) is 6.30. The molecule has 0 aliphatic carbocycles. The van der Waals surface area contributed by atoms with Gasteiger partial charge in [-0.25, -0.2) is 0 Å². The van der Waals surface area contributed by atoms with Gasteiger partial charge in [0, 0.05) is 18.3 Å². The van der Waals surface area contributed by atoms with Crippen molar-refractivity contribution in [2.24, 2.45) is 0 Å². The molecular formula is C13H23NO6P2. The van der Waals surface area contributed by atoms with Crippen LogP contribution in [0.1, 0.15) is 33.4 Å². The van der Waals surface area contributed by atoms with Crippen LogP contribution in [0, 0.1) is 0 Å². The second-order valence-corrected chi connectivity index (χ2v) is 9.77. The Bertz CT molecular complexity index is 533. The minimum atomic E-state index is -4.38. The van der Waals surface area contributed by atoms with Crippen LogP contribution in [0.4, 0.5) is 0 Å². The quantitative estimate of drug-likeness (QED) is 0.693. The van der Waals surface area contributed by atoms with Gasteiger partial charge in [0.25, 0.3) is 0 Å². The first-order chi connectivity index (χ1) is 10.0. The lowest BCUT2D eigenvalue weighted by atomic mass is 10.3. The van der Waals surface area contributed by atoms with E-state index in [1.165, 1.54) is 6.20 Å². The first-order valence-corrected chi connectivity index (χ1v) is 10.3. The van der Waals surface area contributed by atoms with Crippen LogP contribution in [-0.4, -0.2) is 32.4 Å². The van der Waals surface area contributed by atoms with E-state index in [9.17, 15) is 18.9 Å². The van der Waals surface area contributed by atoms with Crippen LogP contribution >= 0.6 is 15.2 Å². The van der Waals surface area contributed by atoms with E-state index in [2.05, 4.69) is 4.98 Å². The predicted octanol–water partition coefficient (Wildman–Crippen LogP) is 3.17. The molecule has 126 valence electrons. The molecule has 2 N–H and O–H groups in total. The summed E-state index contributed by atoms with van der Waals surface area (Å²) in [5.74, 6) is 0. The van der Waals surface area contributed by atoms with Crippen LogP contribution in [-0.2, 0) is 24.6 Å². The molecule has 0 aliphatic rings. The van der Waals surface area contributed by atoms with E-state index >= 15 is 0 Å². The van der Waals surface area contributed by atoms with Crippen molar-refractivity contribution in [3.8, 4) is 0 Å². The maximum absolute atomic E-state index is 12.5. The molecule has 1 rings (SSSR count). The topological polar surface area (TPSA) is 106 Å². The van der Waals surface area contributed by atoms with E-state index < -0.39 is 32.8 Å². The van der Waals surface area contributed by atoms with E-state index in [0.29, 0.717) is 5.69 Å². The number of hydrogen-bond acceptors (Lipinski definition) is 5. The second kappa shape index (κ2) is 7.82. The van der Waals surface area contributed by atoms with Gasteiger partial charge in [0.2, 0.25) is 0 Å². The van der Waals surface area contributed by atoms with Gasteiger partial charge in [-0.2, -0.15) is 0 Å². The van der Waals surface area contributed by atoms with Gasteiger partial charge in [-0.1, -0.05) is 6.07 Å². The van der Waals surface area contributed by atoms with Crippen molar-refractivity contribution < 1.29 is 28.0 Å². The Labute approximate surface area is 130 Å².